The molecule has 1 atom stereocenters. The molecule has 0 fully saturated rings. The maximum absolute atomic E-state index is 5.06. The van der Waals surface area contributed by atoms with Crippen LogP contribution in [-0.2, 0) is 13.0 Å². The molecule has 2 N–H and O–H groups in total. The van der Waals surface area contributed by atoms with Crippen LogP contribution >= 0.6 is 35.3 Å². The molecule has 0 radical (unpaired) electrons. The van der Waals surface area contributed by atoms with Gasteiger partial charge in [0.1, 0.15) is 0 Å². The Bertz CT molecular complexity index is 610. The number of aliphatic imine (C=N–C) groups is 1. The minimum Gasteiger partial charge on any atom is -0.354 e. The maximum atomic E-state index is 5.06. The molecule has 0 amide bonds. The van der Waals surface area contributed by atoms with Gasteiger partial charge in [-0.1, -0.05) is 5.16 Å². The van der Waals surface area contributed by atoms with Crippen molar-refractivity contribution in [3.63, 3.8) is 0 Å². The molecule has 0 aliphatic carbocycles. The van der Waals surface area contributed by atoms with Gasteiger partial charge < -0.3 is 15.2 Å². The quantitative estimate of drug-likeness (QED) is 0.429. The predicted octanol–water partition coefficient (Wildman–Crippen LogP) is 2.66. The van der Waals surface area contributed by atoms with Crippen LogP contribution in [0.1, 0.15) is 28.4 Å². The second kappa shape index (κ2) is 9.09. The highest BCUT2D eigenvalue weighted by molar-refractivity contribution is 14.0. The summed E-state index contributed by atoms with van der Waals surface area (Å²) < 4.78 is 5.06. The summed E-state index contributed by atoms with van der Waals surface area (Å²) in [4.78, 5) is 11.1. The van der Waals surface area contributed by atoms with Gasteiger partial charge in [-0.05, 0) is 32.9 Å². The second-order valence-electron chi connectivity index (χ2n) is 4.92. The van der Waals surface area contributed by atoms with Crippen LogP contribution in [0.2, 0.25) is 0 Å². The third-order valence-electron chi connectivity index (χ3n) is 2.89. The summed E-state index contributed by atoms with van der Waals surface area (Å²) in [6, 6.07) is 4.62. The zero-order chi connectivity index (χ0) is 15.2. The second-order valence-corrected chi connectivity index (χ2v) is 6.30. The van der Waals surface area contributed by atoms with Crippen molar-refractivity contribution in [1.29, 1.82) is 0 Å². The van der Waals surface area contributed by atoms with E-state index in [0.29, 0.717) is 24.3 Å². The highest BCUT2D eigenvalue weighted by Crippen LogP contribution is 2.16. The third-order valence-corrected chi connectivity index (χ3v) is 3.91. The Morgan fingerprint density at radius 2 is 2.18 bits per heavy atom. The van der Waals surface area contributed by atoms with Gasteiger partial charge in [0.05, 0.1) is 6.54 Å². The Labute approximate surface area is 151 Å². The fourth-order valence-corrected chi connectivity index (χ4v) is 2.97. The molecule has 0 aliphatic heterocycles. The Balaban J connectivity index is 0.00000242. The zero-order valence-corrected chi connectivity index (χ0v) is 16.4. The lowest BCUT2D eigenvalue weighted by Gasteiger charge is -2.16. The molecule has 122 valence electrons. The number of rotatable bonds is 5. The van der Waals surface area contributed by atoms with Crippen LogP contribution < -0.4 is 10.6 Å². The number of nitrogens with one attached hydrogen (secondary N) is 2. The fourth-order valence-electron chi connectivity index (χ4n) is 1.95. The SMILES string of the molecule is CN=C(NCc1nc(C)no1)NC(C)Cc1ccc(C)s1.I. The van der Waals surface area contributed by atoms with E-state index in [-0.39, 0.29) is 24.0 Å². The molecular weight excluding hydrogens is 413 g/mol. The van der Waals surface area contributed by atoms with Crippen molar-refractivity contribution >= 4 is 41.3 Å². The summed E-state index contributed by atoms with van der Waals surface area (Å²) >= 11 is 1.83. The molecule has 0 saturated heterocycles. The highest BCUT2D eigenvalue weighted by Gasteiger charge is 2.09. The summed E-state index contributed by atoms with van der Waals surface area (Å²) in [6.45, 7) is 6.52. The van der Waals surface area contributed by atoms with Crippen LogP contribution in [0, 0.1) is 13.8 Å². The first-order chi connectivity index (χ1) is 10.1. The molecular formula is C14H22IN5OS. The van der Waals surface area contributed by atoms with E-state index in [1.807, 2.05) is 11.3 Å². The van der Waals surface area contributed by atoms with Crippen molar-refractivity contribution in [2.45, 2.75) is 39.8 Å². The number of aryl methyl sites for hydroxylation is 2. The van der Waals surface area contributed by atoms with Crippen LogP contribution in [0.4, 0.5) is 0 Å². The van der Waals surface area contributed by atoms with E-state index in [1.165, 1.54) is 9.75 Å². The Hall–Kier alpha value is -1.16. The Kier molecular flexibility index (Phi) is 7.80. The van der Waals surface area contributed by atoms with Gasteiger partial charge in [0.25, 0.3) is 0 Å². The first-order valence-electron chi connectivity index (χ1n) is 6.88. The maximum Gasteiger partial charge on any atom is 0.246 e. The minimum atomic E-state index is 0. The van der Waals surface area contributed by atoms with E-state index in [1.54, 1.807) is 14.0 Å². The van der Waals surface area contributed by atoms with Gasteiger partial charge in [-0.2, -0.15) is 4.98 Å². The van der Waals surface area contributed by atoms with Gasteiger partial charge in [-0.3, -0.25) is 4.99 Å². The predicted molar refractivity (Wildman–Crippen MR) is 100 cm³/mol. The molecule has 2 rings (SSSR count). The van der Waals surface area contributed by atoms with Crippen molar-refractivity contribution in [3.8, 4) is 0 Å². The monoisotopic (exact) mass is 435 g/mol. The Morgan fingerprint density at radius 3 is 2.73 bits per heavy atom. The molecule has 6 nitrogen and oxygen atoms in total. The number of halogens is 1. The first-order valence-corrected chi connectivity index (χ1v) is 7.70. The molecule has 0 spiro atoms. The lowest BCUT2D eigenvalue weighted by molar-refractivity contribution is 0.371. The van der Waals surface area contributed by atoms with Crippen LogP contribution in [0.3, 0.4) is 0 Å². The van der Waals surface area contributed by atoms with Gasteiger partial charge >= 0.3 is 0 Å². The van der Waals surface area contributed by atoms with E-state index in [4.69, 9.17) is 4.52 Å². The van der Waals surface area contributed by atoms with Gasteiger partial charge in [0.15, 0.2) is 11.8 Å². The Morgan fingerprint density at radius 1 is 1.41 bits per heavy atom. The van der Waals surface area contributed by atoms with Crippen molar-refractivity contribution in [3.05, 3.63) is 33.6 Å². The largest absolute Gasteiger partial charge is 0.354 e. The summed E-state index contributed by atoms with van der Waals surface area (Å²) in [5.41, 5.74) is 0. The van der Waals surface area contributed by atoms with Crippen molar-refractivity contribution in [2.75, 3.05) is 7.05 Å². The van der Waals surface area contributed by atoms with Crippen LogP contribution in [0.15, 0.2) is 21.6 Å². The minimum absolute atomic E-state index is 0. The molecule has 2 aromatic rings. The van der Waals surface area contributed by atoms with Gasteiger partial charge in [-0.25, -0.2) is 0 Å². The molecule has 0 aliphatic rings. The van der Waals surface area contributed by atoms with E-state index < -0.39 is 0 Å². The third kappa shape index (κ3) is 5.91. The standard InChI is InChI=1S/C14H21N5OS.HI/c1-9(7-12-6-5-10(2)21-12)17-14(15-4)16-8-13-18-11(3)19-20-13;/h5-6,9H,7-8H2,1-4H3,(H2,15,16,17);1H. The number of aromatic nitrogens is 2. The summed E-state index contributed by atoms with van der Waals surface area (Å²) in [5, 5.41) is 10.3. The number of guanidine groups is 1. The summed E-state index contributed by atoms with van der Waals surface area (Å²) in [5.74, 6) is 1.92. The van der Waals surface area contributed by atoms with Crippen LogP contribution in [0.25, 0.3) is 0 Å². The lowest BCUT2D eigenvalue weighted by Crippen LogP contribution is -2.42. The van der Waals surface area contributed by atoms with Crippen LogP contribution in [-0.4, -0.2) is 29.2 Å². The molecule has 0 bridgehead atoms. The van der Waals surface area contributed by atoms with Crippen molar-refractivity contribution < 1.29 is 4.52 Å². The average molecular weight is 435 g/mol. The summed E-state index contributed by atoms with van der Waals surface area (Å²) in [6.07, 6.45) is 0.971. The molecule has 0 aromatic carbocycles. The van der Waals surface area contributed by atoms with E-state index in [0.717, 1.165) is 12.4 Å². The summed E-state index contributed by atoms with van der Waals surface area (Å²) in [7, 11) is 1.75. The molecule has 2 heterocycles. The normalized spacial score (nSPS) is 12.6. The number of nitrogens with zero attached hydrogens (tertiary/aromatic N) is 3. The van der Waals surface area contributed by atoms with Crippen molar-refractivity contribution in [1.82, 2.24) is 20.8 Å². The molecule has 22 heavy (non-hydrogen) atoms. The smallest absolute Gasteiger partial charge is 0.246 e. The average Bonchev–Trinajstić information content (AvgIpc) is 3.03. The number of hydrogen-bond acceptors (Lipinski definition) is 5. The van der Waals surface area contributed by atoms with E-state index >= 15 is 0 Å². The van der Waals surface area contributed by atoms with Gasteiger partial charge in [-0.15, -0.1) is 35.3 Å². The van der Waals surface area contributed by atoms with Crippen LogP contribution in [0.5, 0.6) is 0 Å². The van der Waals surface area contributed by atoms with Crippen molar-refractivity contribution in [2.24, 2.45) is 4.99 Å². The topological polar surface area (TPSA) is 75.3 Å². The highest BCUT2D eigenvalue weighted by atomic mass is 127. The van der Waals surface area contributed by atoms with Gasteiger partial charge in [0.2, 0.25) is 5.89 Å². The molecule has 0 saturated carbocycles. The molecule has 2 aromatic heterocycles. The number of hydrogen-bond donors (Lipinski definition) is 2. The first kappa shape index (κ1) is 18.9. The van der Waals surface area contributed by atoms with E-state index in [9.17, 15) is 0 Å². The van der Waals surface area contributed by atoms with E-state index in [2.05, 4.69) is 51.7 Å². The number of thiophene rings is 1. The van der Waals surface area contributed by atoms with Gasteiger partial charge in [0, 0.05) is 29.3 Å². The lowest BCUT2D eigenvalue weighted by atomic mass is 10.2. The fraction of sp³-hybridized carbons (Fsp3) is 0.500. The molecule has 1 unspecified atom stereocenters. The molecule has 8 heteroatoms. The zero-order valence-electron chi connectivity index (χ0n) is 13.2.